The zero-order valence-electron chi connectivity index (χ0n) is 7.94. The monoisotopic (exact) mass is 211 g/mol. The Morgan fingerprint density at radius 2 is 1.83 bits per heavy atom. The summed E-state index contributed by atoms with van der Waals surface area (Å²) >= 11 is 4.65. The molecule has 3 nitrogen and oxygen atoms in total. The third-order valence-electron chi connectivity index (χ3n) is 0.906. The van der Waals surface area contributed by atoms with Gasteiger partial charge in [0.25, 0.3) is 0 Å². The maximum Gasteiger partial charge on any atom is 0.115 e. The SMILES string of the molecule is CC(C)COP([O-])(=S)OC(C)C. The molecule has 74 valence electrons. The summed E-state index contributed by atoms with van der Waals surface area (Å²) in [7, 11) is 0. The molecule has 0 aliphatic carbocycles. The maximum absolute atomic E-state index is 11.3. The quantitative estimate of drug-likeness (QED) is 0.649. The summed E-state index contributed by atoms with van der Waals surface area (Å²) in [5.74, 6) is 0.317. The summed E-state index contributed by atoms with van der Waals surface area (Å²) in [5, 5.41) is 0. The lowest BCUT2D eigenvalue weighted by molar-refractivity contribution is -0.210. The largest absolute Gasteiger partial charge is 0.780 e. The van der Waals surface area contributed by atoms with Crippen molar-refractivity contribution in [3.8, 4) is 0 Å². The lowest BCUT2D eigenvalue weighted by Gasteiger charge is -2.29. The van der Waals surface area contributed by atoms with E-state index in [1.54, 1.807) is 13.8 Å². The van der Waals surface area contributed by atoms with E-state index >= 15 is 0 Å². The highest BCUT2D eigenvalue weighted by Crippen LogP contribution is 2.40. The van der Waals surface area contributed by atoms with Crippen molar-refractivity contribution in [2.24, 2.45) is 5.92 Å². The summed E-state index contributed by atoms with van der Waals surface area (Å²) < 4.78 is 9.89. The van der Waals surface area contributed by atoms with E-state index in [1.807, 2.05) is 13.8 Å². The van der Waals surface area contributed by atoms with E-state index in [2.05, 4.69) is 11.8 Å². The molecule has 0 aromatic carbocycles. The van der Waals surface area contributed by atoms with E-state index < -0.39 is 6.72 Å². The van der Waals surface area contributed by atoms with Crippen molar-refractivity contribution < 1.29 is 13.9 Å². The minimum absolute atomic E-state index is 0.152. The molecule has 0 saturated carbocycles. The van der Waals surface area contributed by atoms with Gasteiger partial charge >= 0.3 is 0 Å². The van der Waals surface area contributed by atoms with Gasteiger partial charge < -0.3 is 13.9 Å². The van der Waals surface area contributed by atoms with Crippen LogP contribution in [0.3, 0.4) is 0 Å². The van der Waals surface area contributed by atoms with Crippen molar-refractivity contribution in [3.05, 3.63) is 0 Å². The molecule has 0 aromatic heterocycles. The first-order valence-electron chi connectivity index (χ1n) is 3.97. The smallest absolute Gasteiger partial charge is 0.115 e. The van der Waals surface area contributed by atoms with Gasteiger partial charge in [0.1, 0.15) is 6.72 Å². The van der Waals surface area contributed by atoms with Gasteiger partial charge in [-0.3, -0.25) is 0 Å². The molecule has 0 aliphatic rings. The first-order chi connectivity index (χ1) is 5.33. The lowest BCUT2D eigenvalue weighted by atomic mass is 10.2. The number of rotatable bonds is 5. The van der Waals surface area contributed by atoms with Gasteiger partial charge in [-0.2, -0.15) is 0 Å². The first kappa shape index (κ1) is 12.5. The van der Waals surface area contributed by atoms with Crippen LogP contribution >= 0.6 is 6.72 Å². The van der Waals surface area contributed by atoms with Gasteiger partial charge in [0, 0.05) is 0 Å². The average molecular weight is 211 g/mol. The van der Waals surface area contributed by atoms with Crippen molar-refractivity contribution in [1.29, 1.82) is 0 Å². The van der Waals surface area contributed by atoms with Crippen LogP contribution in [0.25, 0.3) is 0 Å². The van der Waals surface area contributed by atoms with Crippen LogP contribution in [0, 0.1) is 5.92 Å². The highest BCUT2D eigenvalue weighted by atomic mass is 32.5. The topological polar surface area (TPSA) is 41.5 Å². The van der Waals surface area contributed by atoms with Gasteiger partial charge in [0.2, 0.25) is 0 Å². The molecule has 0 spiro atoms. The normalized spacial score (nSPS) is 16.9. The third kappa shape index (κ3) is 7.19. The van der Waals surface area contributed by atoms with E-state index in [-0.39, 0.29) is 6.10 Å². The highest BCUT2D eigenvalue weighted by Gasteiger charge is 2.07. The summed E-state index contributed by atoms with van der Waals surface area (Å²) in [6.07, 6.45) is -0.152. The van der Waals surface area contributed by atoms with Crippen LogP contribution in [-0.2, 0) is 20.9 Å². The van der Waals surface area contributed by atoms with E-state index in [1.165, 1.54) is 0 Å². The Labute approximate surface area is 79.3 Å². The third-order valence-corrected chi connectivity index (χ3v) is 2.63. The van der Waals surface area contributed by atoms with Crippen molar-refractivity contribution in [1.82, 2.24) is 0 Å². The second-order valence-corrected chi connectivity index (χ2v) is 6.00. The molecular weight excluding hydrogens is 195 g/mol. The Hall–Kier alpha value is 0.530. The standard InChI is InChI=1S/C7H17O3PS/c1-6(2)5-9-11(8,12)10-7(3)4/h6-7H,5H2,1-4H3,(H,8,12)/p-1. The highest BCUT2D eigenvalue weighted by molar-refractivity contribution is 8.06. The van der Waals surface area contributed by atoms with Crippen LogP contribution in [-0.4, -0.2) is 12.7 Å². The molecule has 1 atom stereocenters. The van der Waals surface area contributed by atoms with Gasteiger partial charge in [-0.1, -0.05) is 25.7 Å². The van der Waals surface area contributed by atoms with Crippen LogP contribution in [0.5, 0.6) is 0 Å². The summed E-state index contributed by atoms with van der Waals surface area (Å²) in [4.78, 5) is 11.3. The molecule has 0 bridgehead atoms. The molecule has 0 aliphatic heterocycles. The van der Waals surface area contributed by atoms with Crippen LogP contribution in [0.2, 0.25) is 0 Å². The van der Waals surface area contributed by atoms with Gasteiger partial charge in [-0.25, -0.2) is 0 Å². The Morgan fingerprint density at radius 1 is 1.33 bits per heavy atom. The predicted molar refractivity (Wildman–Crippen MR) is 51.3 cm³/mol. The number of hydrogen-bond donors (Lipinski definition) is 0. The van der Waals surface area contributed by atoms with Gasteiger partial charge in [0.05, 0.1) is 12.7 Å². The van der Waals surface area contributed by atoms with Gasteiger partial charge in [-0.15, -0.1) is 0 Å². The van der Waals surface area contributed by atoms with E-state index in [9.17, 15) is 4.89 Å². The zero-order valence-corrected chi connectivity index (χ0v) is 9.65. The molecule has 0 saturated heterocycles. The second-order valence-electron chi connectivity index (χ2n) is 3.29. The molecule has 0 N–H and O–H groups in total. The van der Waals surface area contributed by atoms with E-state index in [4.69, 9.17) is 9.05 Å². The summed E-state index contributed by atoms with van der Waals surface area (Å²) in [6, 6.07) is 0. The molecule has 1 unspecified atom stereocenters. The molecule has 0 heterocycles. The molecule has 0 aromatic rings. The fraction of sp³-hybridized carbons (Fsp3) is 1.00. The Morgan fingerprint density at radius 3 is 2.17 bits per heavy atom. The van der Waals surface area contributed by atoms with Crippen molar-refractivity contribution >= 4 is 18.5 Å². The second kappa shape index (κ2) is 5.30. The van der Waals surface area contributed by atoms with Gasteiger partial charge in [-0.05, 0) is 19.8 Å². The number of hydrogen-bond acceptors (Lipinski definition) is 4. The zero-order chi connectivity index (χ0) is 9.78. The van der Waals surface area contributed by atoms with Crippen LogP contribution in [0.1, 0.15) is 27.7 Å². The van der Waals surface area contributed by atoms with Crippen molar-refractivity contribution in [2.45, 2.75) is 33.8 Å². The molecular formula is C7H16O3PS-. The summed E-state index contributed by atoms with van der Waals surface area (Å²) in [6.45, 7) is 4.64. The van der Waals surface area contributed by atoms with Crippen LogP contribution < -0.4 is 4.89 Å². The predicted octanol–water partition coefficient (Wildman–Crippen LogP) is 1.67. The minimum atomic E-state index is -3.22. The van der Waals surface area contributed by atoms with Crippen LogP contribution in [0.4, 0.5) is 0 Å². The molecule has 12 heavy (non-hydrogen) atoms. The lowest BCUT2D eigenvalue weighted by Crippen LogP contribution is -2.14. The van der Waals surface area contributed by atoms with Crippen LogP contribution in [0.15, 0.2) is 0 Å². The fourth-order valence-corrected chi connectivity index (χ4v) is 2.29. The molecule has 0 amide bonds. The Balaban J connectivity index is 3.80. The Kier molecular flexibility index (Phi) is 5.53. The maximum atomic E-state index is 11.3. The molecule has 0 fully saturated rings. The van der Waals surface area contributed by atoms with Crippen molar-refractivity contribution in [3.63, 3.8) is 0 Å². The van der Waals surface area contributed by atoms with Crippen molar-refractivity contribution in [2.75, 3.05) is 6.61 Å². The summed E-state index contributed by atoms with van der Waals surface area (Å²) in [5.41, 5.74) is 0. The molecule has 0 rings (SSSR count). The van der Waals surface area contributed by atoms with Gasteiger partial charge in [0.15, 0.2) is 0 Å². The first-order valence-corrected chi connectivity index (χ1v) is 6.53. The Bertz CT molecular complexity index is 170. The van der Waals surface area contributed by atoms with E-state index in [0.717, 1.165) is 0 Å². The fourth-order valence-electron chi connectivity index (χ4n) is 0.529. The average Bonchev–Trinajstić information content (AvgIpc) is 1.81. The molecule has 5 heteroatoms. The minimum Gasteiger partial charge on any atom is -0.780 e. The van der Waals surface area contributed by atoms with E-state index in [0.29, 0.717) is 12.5 Å². The molecule has 0 radical (unpaired) electrons.